The number of anilines is 1. The molecule has 112 valence electrons. The summed E-state index contributed by atoms with van der Waals surface area (Å²) in [4.78, 5) is 27.1. The number of benzene rings is 1. The zero-order chi connectivity index (χ0) is 15.7. The number of nitro groups is 1. The fourth-order valence-electron chi connectivity index (χ4n) is 2.13. The van der Waals surface area contributed by atoms with Gasteiger partial charge in [-0.1, -0.05) is 11.3 Å². The number of likely N-dealkylation sites (N-methyl/N-ethyl adjacent to an activating group) is 1. The van der Waals surface area contributed by atoms with Gasteiger partial charge in [-0.15, -0.1) is 10.2 Å². The predicted octanol–water partition coefficient (Wildman–Crippen LogP) is 2.13. The van der Waals surface area contributed by atoms with Crippen LogP contribution in [0.3, 0.4) is 0 Å². The number of nitro benzene ring substituents is 1. The third-order valence-electron chi connectivity index (χ3n) is 3.31. The van der Waals surface area contributed by atoms with E-state index in [-0.39, 0.29) is 18.0 Å². The van der Waals surface area contributed by atoms with Crippen molar-refractivity contribution in [2.24, 2.45) is 0 Å². The zero-order valence-corrected chi connectivity index (χ0v) is 12.3. The molecule has 2 heterocycles. The molecule has 0 saturated carbocycles. The van der Waals surface area contributed by atoms with Gasteiger partial charge in [0.25, 0.3) is 5.69 Å². The Hall–Kier alpha value is -2.81. The van der Waals surface area contributed by atoms with Crippen molar-refractivity contribution in [3.8, 4) is 0 Å². The molecule has 0 fully saturated rings. The van der Waals surface area contributed by atoms with Crippen molar-refractivity contribution in [2.45, 2.75) is 6.42 Å². The van der Waals surface area contributed by atoms with E-state index < -0.39 is 4.92 Å². The van der Waals surface area contributed by atoms with Crippen molar-refractivity contribution in [2.75, 3.05) is 11.9 Å². The largest absolute Gasteiger partial charge is 0.361 e. The van der Waals surface area contributed by atoms with E-state index in [1.165, 1.54) is 28.4 Å². The van der Waals surface area contributed by atoms with Crippen molar-refractivity contribution in [3.63, 3.8) is 0 Å². The molecule has 0 atom stereocenters. The molecule has 0 aliphatic carbocycles. The first-order valence-corrected chi connectivity index (χ1v) is 7.21. The number of rotatable bonds is 4. The van der Waals surface area contributed by atoms with Crippen LogP contribution in [-0.4, -0.2) is 33.1 Å². The summed E-state index contributed by atoms with van der Waals surface area (Å²) in [5.74, 6) is -0.163. The third kappa shape index (κ3) is 2.53. The van der Waals surface area contributed by atoms with Gasteiger partial charge in [-0.2, -0.15) is 0 Å². The van der Waals surface area contributed by atoms with Crippen LogP contribution >= 0.6 is 11.3 Å². The van der Waals surface area contributed by atoms with Gasteiger partial charge in [0.2, 0.25) is 11.0 Å². The van der Waals surface area contributed by atoms with Gasteiger partial charge in [0, 0.05) is 36.3 Å². The third-order valence-corrected chi connectivity index (χ3v) is 4.08. The lowest BCUT2D eigenvalue weighted by Gasteiger charge is -2.12. The number of hydrogen-bond donors (Lipinski definition) is 1. The summed E-state index contributed by atoms with van der Waals surface area (Å²) in [5, 5.41) is 19.6. The van der Waals surface area contributed by atoms with Gasteiger partial charge >= 0.3 is 0 Å². The van der Waals surface area contributed by atoms with Crippen LogP contribution in [0.25, 0.3) is 10.9 Å². The van der Waals surface area contributed by atoms with Crippen molar-refractivity contribution < 1.29 is 9.72 Å². The number of non-ortho nitro benzene ring substituents is 1. The summed E-state index contributed by atoms with van der Waals surface area (Å²) in [6, 6.07) is 4.53. The van der Waals surface area contributed by atoms with Crippen LogP contribution in [0.2, 0.25) is 0 Å². The quantitative estimate of drug-likeness (QED) is 0.586. The van der Waals surface area contributed by atoms with Gasteiger partial charge in [-0.05, 0) is 11.6 Å². The van der Waals surface area contributed by atoms with Gasteiger partial charge in [0.1, 0.15) is 5.51 Å². The highest BCUT2D eigenvalue weighted by Gasteiger charge is 2.17. The van der Waals surface area contributed by atoms with E-state index in [1.54, 1.807) is 24.8 Å². The van der Waals surface area contributed by atoms with Crippen molar-refractivity contribution in [1.82, 2.24) is 15.2 Å². The highest BCUT2D eigenvalue weighted by atomic mass is 32.1. The zero-order valence-electron chi connectivity index (χ0n) is 11.5. The monoisotopic (exact) mass is 317 g/mol. The number of aromatic amines is 1. The van der Waals surface area contributed by atoms with Gasteiger partial charge in [0.05, 0.1) is 11.3 Å². The van der Waals surface area contributed by atoms with Crippen LogP contribution in [0.1, 0.15) is 5.56 Å². The fourth-order valence-corrected chi connectivity index (χ4v) is 2.67. The molecular weight excluding hydrogens is 306 g/mol. The molecule has 0 bridgehead atoms. The first-order chi connectivity index (χ1) is 10.6. The fraction of sp³-hybridized carbons (Fsp3) is 0.154. The van der Waals surface area contributed by atoms with Crippen molar-refractivity contribution in [3.05, 3.63) is 45.6 Å². The van der Waals surface area contributed by atoms with Crippen LogP contribution in [0.5, 0.6) is 0 Å². The molecule has 2 aromatic heterocycles. The molecule has 1 aromatic carbocycles. The van der Waals surface area contributed by atoms with Crippen molar-refractivity contribution in [1.29, 1.82) is 0 Å². The van der Waals surface area contributed by atoms with Crippen LogP contribution in [-0.2, 0) is 11.2 Å². The van der Waals surface area contributed by atoms with E-state index in [9.17, 15) is 14.9 Å². The number of hydrogen-bond acceptors (Lipinski definition) is 6. The number of aromatic nitrogens is 3. The summed E-state index contributed by atoms with van der Waals surface area (Å²) in [5.41, 5.74) is 3.01. The summed E-state index contributed by atoms with van der Waals surface area (Å²) < 4.78 is 0. The minimum absolute atomic E-state index is 0.00160. The number of carbonyl (C=O) groups excluding carboxylic acids is 1. The van der Waals surface area contributed by atoms with Crippen molar-refractivity contribution >= 4 is 39.0 Å². The second-order valence-electron chi connectivity index (χ2n) is 4.65. The first-order valence-electron chi connectivity index (χ1n) is 6.33. The van der Waals surface area contributed by atoms with E-state index >= 15 is 0 Å². The molecule has 22 heavy (non-hydrogen) atoms. The maximum Gasteiger partial charge on any atom is 0.270 e. The molecule has 0 aliphatic rings. The topological polar surface area (TPSA) is 105 Å². The predicted molar refractivity (Wildman–Crippen MR) is 82.0 cm³/mol. The minimum Gasteiger partial charge on any atom is -0.361 e. The standard InChI is InChI=1S/C13H11N5O3S/c1-17(13-16-15-7-22-13)12(19)4-8-6-14-11-3-2-9(18(20)21)5-10(8)11/h2-3,5-7,14H,4H2,1H3. The lowest BCUT2D eigenvalue weighted by Crippen LogP contribution is -2.27. The Balaban J connectivity index is 1.89. The Bertz CT molecular complexity index is 843. The van der Waals surface area contributed by atoms with Crippen LogP contribution in [0.15, 0.2) is 29.9 Å². The molecular formula is C13H11N5O3S. The van der Waals surface area contributed by atoms with E-state index in [4.69, 9.17) is 0 Å². The Labute approximate surface area is 128 Å². The van der Waals surface area contributed by atoms with Gasteiger partial charge in [-0.3, -0.25) is 19.8 Å². The molecule has 3 rings (SSSR count). The van der Waals surface area contributed by atoms with E-state index in [2.05, 4.69) is 15.2 Å². The maximum atomic E-state index is 12.3. The summed E-state index contributed by atoms with van der Waals surface area (Å²) in [6.07, 6.45) is 1.82. The van der Waals surface area contributed by atoms with Gasteiger partial charge < -0.3 is 4.98 Å². The molecule has 0 spiro atoms. The molecule has 8 nitrogen and oxygen atoms in total. The summed E-state index contributed by atoms with van der Waals surface area (Å²) in [6.45, 7) is 0. The molecule has 0 unspecified atom stereocenters. The van der Waals surface area contributed by atoms with Gasteiger partial charge in [-0.25, -0.2) is 0 Å². The molecule has 0 saturated heterocycles. The second-order valence-corrected chi connectivity index (χ2v) is 5.46. The number of H-pyrrole nitrogens is 1. The molecule has 1 amide bonds. The number of nitrogens with zero attached hydrogens (tertiary/aromatic N) is 4. The van der Waals surface area contributed by atoms with E-state index in [1.807, 2.05) is 0 Å². The number of nitrogens with one attached hydrogen (secondary N) is 1. The average molecular weight is 317 g/mol. The lowest BCUT2D eigenvalue weighted by molar-refractivity contribution is -0.384. The van der Waals surface area contributed by atoms with Crippen LogP contribution in [0.4, 0.5) is 10.8 Å². The van der Waals surface area contributed by atoms with E-state index in [0.29, 0.717) is 16.1 Å². The molecule has 1 N–H and O–H groups in total. The smallest absolute Gasteiger partial charge is 0.270 e. The highest BCUT2D eigenvalue weighted by molar-refractivity contribution is 7.13. The number of fused-ring (bicyclic) bond motifs is 1. The first kappa shape index (κ1) is 14.1. The van der Waals surface area contributed by atoms with E-state index in [0.717, 1.165) is 5.52 Å². The Kier molecular flexibility index (Phi) is 3.55. The molecule has 9 heteroatoms. The van der Waals surface area contributed by atoms with Gasteiger partial charge in [0.15, 0.2) is 0 Å². The average Bonchev–Trinajstić information content (AvgIpc) is 3.16. The van der Waals surface area contributed by atoms with Crippen LogP contribution < -0.4 is 4.90 Å². The Morgan fingerprint density at radius 3 is 3.00 bits per heavy atom. The normalized spacial score (nSPS) is 10.8. The Morgan fingerprint density at radius 1 is 1.50 bits per heavy atom. The summed E-state index contributed by atoms with van der Waals surface area (Å²) in [7, 11) is 1.63. The number of carbonyl (C=O) groups is 1. The summed E-state index contributed by atoms with van der Waals surface area (Å²) >= 11 is 1.27. The van der Waals surface area contributed by atoms with Crippen LogP contribution in [0, 0.1) is 10.1 Å². The highest BCUT2D eigenvalue weighted by Crippen LogP contribution is 2.25. The molecule has 3 aromatic rings. The lowest BCUT2D eigenvalue weighted by atomic mass is 10.1. The second kappa shape index (κ2) is 5.53. The Morgan fingerprint density at radius 2 is 2.32 bits per heavy atom. The molecule has 0 aliphatic heterocycles. The SMILES string of the molecule is CN(C(=O)Cc1c[nH]c2ccc([N+](=O)[O-])cc12)c1nncs1. The number of amides is 1. The minimum atomic E-state index is -0.453. The maximum absolute atomic E-state index is 12.3. The molecule has 0 radical (unpaired) electrons.